The molecule has 0 aliphatic carbocycles. The Labute approximate surface area is 94.2 Å². The van der Waals surface area contributed by atoms with Crippen molar-refractivity contribution < 1.29 is 14.6 Å². The van der Waals surface area contributed by atoms with Gasteiger partial charge >= 0.3 is 0 Å². The summed E-state index contributed by atoms with van der Waals surface area (Å²) in [5, 5.41) is 12.0. The quantitative estimate of drug-likeness (QED) is 0.805. The number of ether oxygens (including phenoxy) is 1. The van der Waals surface area contributed by atoms with Crippen LogP contribution in [0.3, 0.4) is 0 Å². The Morgan fingerprint density at radius 3 is 2.81 bits per heavy atom. The third kappa shape index (κ3) is 2.73. The minimum absolute atomic E-state index is 0.105. The first-order valence-electron chi connectivity index (χ1n) is 5.40. The summed E-state index contributed by atoms with van der Waals surface area (Å²) >= 11 is 0. The molecule has 1 aromatic rings. The third-order valence-electron chi connectivity index (χ3n) is 2.70. The molecule has 1 unspecified atom stereocenters. The summed E-state index contributed by atoms with van der Waals surface area (Å²) < 4.78 is 5.23. The summed E-state index contributed by atoms with van der Waals surface area (Å²) in [4.78, 5) is 11.7. The van der Waals surface area contributed by atoms with Gasteiger partial charge in [-0.1, -0.05) is 0 Å². The van der Waals surface area contributed by atoms with Crippen LogP contribution in [0, 0.1) is 5.92 Å². The molecule has 2 N–H and O–H groups in total. The molecule has 0 saturated carbocycles. The Balaban J connectivity index is 1.85. The molecule has 1 atom stereocenters. The van der Waals surface area contributed by atoms with E-state index in [1.165, 1.54) is 12.1 Å². The lowest BCUT2D eigenvalue weighted by molar-refractivity contribution is 0.0945. The maximum absolute atomic E-state index is 11.7. The zero-order valence-corrected chi connectivity index (χ0v) is 8.98. The number of carbonyl (C=O) groups excluding carboxylic acids is 1. The Morgan fingerprint density at radius 2 is 2.19 bits per heavy atom. The number of hydrogen-bond donors (Lipinski definition) is 2. The first-order chi connectivity index (χ1) is 7.75. The van der Waals surface area contributed by atoms with Crippen molar-refractivity contribution in [1.82, 2.24) is 5.32 Å². The second-order valence-electron chi connectivity index (χ2n) is 3.99. The standard InChI is InChI=1S/C12H15NO3/c14-11-3-1-10(2-4-11)12(15)13-7-9-5-6-16-8-9/h1-4,9,14H,5-8H2,(H,13,15). The minimum Gasteiger partial charge on any atom is -0.508 e. The van der Waals surface area contributed by atoms with E-state index in [-0.39, 0.29) is 11.7 Å². The van der Waals surface area contributed by atoms with Crippen LogP contribution in [0.4, 0.5) is 0 Å². The van der Waals surface area contributed by atoms with Crippen molar-refractivity contribution >= 4 is 5.91 Å². The molecular formula is C12H15NO3. The van der Waals surface area contributed by atoms with Crippen molar-refractivity contribution in [2.75, 3.05) is 19.8 Å². The van der Waals surface area contributed by atoms with Crippen LogP contribution in [0.25, 0.3) is 0 Å². The monoisotopic (exact) mass is 221 g/mol. The van der Waals surface area contributed by atoms with Crippen LogP contribution in [0.2, 0.25) is 0 Å². The summed E-state index contributed by atoms with van der Waals surface area (Å²) in [6.07, 6.45) is 1.01. The van der Waals surface area contributed by atoms with Crippen LogP contribution < -0.4 is 5.32 Å². The van der Waals surface area contributed by atoms with Gasteiger partial charge < -0.3 is 15.2 Å². The first kappa shape index (κ1) is 11.0. The van der Waals surface area contributed by atoms with E-state index in [1.54, 1.807) is 12.1 Å². The van der Waals surface area contributed by atoms with E-state index >= 15 is 0 Å². The highest BCUT2D eigenvalue weighted by molar-refractivity contribution is 5.94. The molecule has 86 valence electrons. The summed E-state index contributed by atoms with van der Waals surface area (Å²) in [6.45, 7) is 2.18. The lowest BCUT2D eigenvalue weighted by Crippen LogP contribution is -2.29. The van der Waals surface area contributed by atoms with E-state index < -0.39 is 0 Å². The van der Waals surface area contributed by atoms with Crippen LogP contribution in [-0.4, -0.2) is 30.8 Å². The van der Waals surface area contributed by atoms with Gasteiger partial charge in [-0.05, 0) is 30.7 Å². The number of amides is 1. The Morgan fingerprint density at radius 1 is 1.44 bits per heavy atom. The summed E-state index contributed by atoms with van der Waals surface area (Å²) in [7, 11) is 0. The molecule has 16 heavy (non-hydrogen) atoms. The lowest BCUT2D eigenvalue weighted by atomic mass is 10.1. The lowest BCUT2D eigenvalue weighted by Gasteiger charge is -2.09. The van der Waals surface area contributed by atoms with Crippen molar-refractivity contribution in [2.45, 2.75) is 6.42 Å². The zero-order chi connectivity index (χ0) is 11.4. The highest BCUT2D eigenvalue weighted by Gasteiger charge is 2.16. The van der Waals surface area contributed by atoms with Gasteiger partial charge in [-0.3, -0.25) is 4.79 Å². The van der Waals surface area contributed by atoms with Gasteiger partial charge in [-0.2, -0.15) is 0 Å². The van der Waals surface area contributed by atoms with Crippen LogP contribution in [0.5, 0.6) is 5.75 Å². The molecular weight excluding hydrogens is 206 g/mol. The van der Waals surface area contributed by atoms with Crippen molar-refractivity contribution in [2.24, 2.45) is 5.92 Å². The van der Waals surface area contributed by atoms with Crippen molar-refractivity contribution in [3.63, 3.8) is 0 Å². The normalized spacial score (nSPS) is 19.6. The summed E-state index contributed by atoms with van der Waals surface area (Å²) in [6, 6.07) is 6.23. The second kappa shape index (κ2) is 4.99. The van der Waals surface area contributed by atoms with E-state index in [4.69, 9.17) is 9.84 Å². The average molecular weight is 221 g/mol. The molecule has 1 heterocycles. The fraction of sp³-hybridized carbons (Fsp3) is 0.417. The molecule has 1 amide bonds. The molecule has 2 rings (SSSR count). The zero-order valence-electron chi connectivity index (χ0n) is 8.98. The number of phenols is 1. The molecule has 0 bridgehead atoms. The van der Waals surface area contributed by atoms with Gasteiger partial charge in [0.15, 0.2) is 0 Å². The predicted molar refractivity (Wildman–Crippen MR) is 59.4 cm³/mol. The summed E-state index contributed by atoms with van der Waals surface area (Å²) in [5.41, 5.74) is 0.566. The molecule has 4 nitrogen and oxygen atoms in total. The highest BCUT2D eigenvalue weighted by atomic mass is 16.5. The van der Waals surface area contributed by atoms with E-state index in [9.17, 15) is 4.79 Å². The van der Waals surface area contributed by atoms with E-state index in [0.717, 1.165) is 19.6 Å². The van der Waals surface area contributed by atoms with Gasteiger partial charge in [0.2, 0.25) is 0 Å². The van der Waals surface area contributed by atoms with Crippen molar-refractivity contribution in [3.8, 4) is 5.75 Å². The first-order valence-corrected chi connectivity index (χ1v) is 5.40. The number of phenolic OH excluding ortho intramolecular Hbond substituents is 1. The fourth-order valence-electron chi connectivity index (χ4n) is 1.70. The van der Waals surface area contributed by atoms with Gasteiger partial charge in [-0.25, -0.2) is 0 Å². The number of benzene rings is 1. The highest BCUT2D eigenvalue weighted by Crippen LogP contribution is 2.12. The fourth-order valence-corrected chi connectivity index (χ4v) is 1.70. The molecule has 4 heteroatoms. The topological polar surface area (TPSA) is 58.6 Å². The van der Waals surface area contributed by atoms with Crippen molar-refractivity contribution in [1.29, 1.82) is 0 Å². The number of nitrogens with one attached hydrogen (secondary N) is 1. The second-order valence-corrected chi connectivity index (χ2v) is 3.99. The predicted octanol–water partition coefficient (Wildman–Crippen LogP) is 1.16. The Hall–Kier alpha value is -1.55. The Bertz CT molecular complexity index is 355. The minimum atomic E-state index is -0.105. The van der Waals surface area contributed by atoms with Crippen LogP contribution >= 0.6 is 0 Å². The van der Waals surface area contributed by atoms with Gasteiger partial charge in [0, 0.05) is 24.6 Å². The molecule has 0 radical (unpaired) electrons. The van der Waals surface area contributed by atoms with Gasteiger partial charge in [0.25, 0.3) is 5.91 Å². The number of rotatable bonds is 3. The van der Waals surface area contributed by atoms with E-state index in [1.807, 2.05) is 0 Å². The third-order valence-corrected chi connectivity index (χ3v) is 2.70. The maximum atomic E-state index is 11.7. The van der Waals surface area contributed by atoms with Crippen LogP contribution in [-0.2, 0) is 4.74 Å². The van der Waals surface area contributed by atoms with E-state index in [0.29, 0.717) is 18.0 Å². The molecule has 1 aromatic carbocycles. The molecule has 1 aliphatic rings. The summed E-state index contributed by atoms with van der Waals surface area (Å²) in [5.74, 6) is 0.494. The maximum Gasteiger partial charge on any atom is 0.251 e. The van der Waals surface area contributed by atoms with E-state index in [2.05, 4.69) is 5.32 Å². The Kier molecular flexibility index (Phi) is 3.41. The molecule has 0 spiro atoms. The number of aromatic hydroxyl groups is 1. The van der Waals surface area contributed by atoms with Crippen molar-refractivity contribution in [3.05, 3.63) is 29.8 Å². The van der Waals surface area contributed by atoms with Gasteiger partial charge in [0.1, 0.15) is 5.75 Å². The number of carbonyl (C=O) groups is 1. The molecule has 1 saturated heterocycles. The molecule has 0 aromatic heterocycles. The molecule has 1 fully saturated rings. The number of hydrogen-bond acceptors (Lipinski definition) is 3. The SMILES string of the molecule is O=C(NCC1CCOC1)c1ccc(O)cc1. The molecule has 1 aliphatic heterocycles. The largest absolute Gasteiger partial charge is 0.508 e. The van der Waals surface area contributed by atoms with Crippen LogP contribution in [0.15, 0.2) is 24.3 Å². The smallest absolute Gasteiger partial charge is 0.251 e. The van der Waals surface area contributed by atoms with Crippen LogP contribution in [0.1, 0.15) is 16.8 Å². The van der Waals surface area contributed by atoms with Gasteiger partial charge in [-0.15, -0.1) is 0 Å². The van der Waals surface area contributed by atoms with Gasteiger partial charge in [0.05, 0.1) is 6.61 Å². The average Bonchev–Trinajstić information content (AvgIpc) is 2.80.